The monoisotopic (exact) mass is 269 g/mol. The molecule has 0 saturated carbocycles. The number of para-hydroxylation sites is 1. The molecule has 2 nitrogen and oxygen atoms in total. The molecule has 0 spiro atoms. The van der Waals surface area contributed by atoms with Crippen LogP contribution in [0.2, 0.25) is 0 Å². The highest BCUT2D eigenvalue weighted by molar-refractivity contribution is 5.87. The summed E-state index contributed by atoms with van der Waals surface area (Å²) >= 11 is 0. The molecule has 0 fully saturated rings. The van der Waals surface area contributed by atoms with E-state index in [1.165, 1.54) is 17.7 Å². The van der Waals surface area contributed by atoms with Gasteiger partial charge in [0.15, 0.2) is 6.29 Å². The summed E-state index contributed by atoms with van der Waals surface area (Å²) in [5.41, 5.74) is 3.60. The van der Waals surface area contributed by atoms with Gasteiger partial charge in [-0.1, -0.05) is 18.2 Å². The Kier molecular flexibility index (Phi) is 3.50. The smallest absolute Gasteiger partial charge is 0.152 e. The normalized spacial score (nSPS) is 14.6. The van der Waals surface area contributed by atoms with Crippen molar-refractivity contribution in [1.82, 2.24) is 0 Å². The van der Waals surface area contributed by atoms with Crippen molar-refractivity contribution in [1.29, 1.82) is 0 Å². The van der Waals surface area contributed by atoms with E-state index in [2.05, 4.69) is 17.0 Å². The van der Waals surface area contributed by atoms with Crippen molar-refractivity contribution >= 4 is 17.7 Å². The van der Waals surface area contributed by atoms with E-state index in [0.717, 1.165) is 43.5 Å². The summed E-state index contributed by atoms with van der Waals surface area (Å²) in [4.78, 5) is 13.4. The van der Waals surface area contributed by atoms with Gasteiger partial charge in [-0.2, -0.15) is 0 Å². The highest BCUT2D eigenvalue weighted by atomic mass is 19.1. The summed E-state index contributed by atoms with van der Waals surface area (Å²) < 4.78 is 13.3. The van der Waals surface area contributed by atoms with Gasteiger partial charge in [0.2, 0.25) is 0 Å². The largest absolute Gasteiger partial charge is 0.341 e. The average molecular weight is 269 g/mol. The second-order valence-electron chi connectivity index (χ2n) is 5.06. The fourth-order valence-electron chi connectivity index (χ4n) is 2.81. The molecule has 1 aliphatic heterocycles. The number of hydrogen-bond acceptors (Lipinski definition) is 2. The van der Waals surface area contributed by atoms with E-state index in [1.54, 1.807) is 6.07 Å². The lowest BCUT2D eigenvalue weighted by atomic mass is 10.1. The number of aryl methyl sites for hydroxylation is 1. The van der Waals surface area contributed by atoms with Crippen molar-refractivity contribution in [2.75, 3.05) is 11.4 Å². The highest BCUT2D eigenvalue weighted by Crippen LogP contribution is 2.34. The van der Waals surface area contributed by atoms with Crippen LogP contribution in [0.5, 0.6) is 0 Å². The third-order valence-corrected chi connectivity index (χ3v) is 3.77. The van der Waals surface area contributed by atoms with Gasteiger partial charge < -0.3 is 4.90 Å². The molecule has 0 N–H and O–H groups in total. The molecule has 2 aromatic rings. The van der Waals surface area contributed by atoms with Crippen LogP contribution in [0.25, 0.3) is 0 Å². The van der Waals surface area contributed by atoms with Crippen LogP contribution in [-0.4, -0.2) is 12.8 Å². The van der Waals surface area contributed by atoms with Crippen LogP contribution in [-0.2, 0) is 6.42 Å². The minimum atomic E-state index is -0.376. The maximum absolute atomic E-state index is 13.3. The first-order valence-electron chi connectivity index (χ1n) is 6.90. The number of rotatable bonds is 2. The molecule has 1 aliphatic rings. The predicted molar refractivity (Wildman–Crippen MR) is 78.2 cm³/mol. The molecule has 3 heteroatoms. The maximum atomic E-state index is 13.3. The van der Waals surface area contributed by atoms with Crippen LogP contribution < -0.4 is 4.90 Å². The van der Waals surface area contributed by atoms with Crippen LogP contribution in [0.3, 0.4) is 0 Å². The van der Waals surface area contributed by atoms with Gasteiger partial charge in [0.25, 0.3) is 0 Å². The molecular formula is C17H16FNO. The number of halogens is 1. The van der Waals surface area contributed by atoms with Crippen LogP contribution in [0, 0.1) is 5.82 Å². The Bertz CT molecular complexity index is 639. The number of nitrogens with zero attached hydrogens (tertiary/aromatic N) is 1. The molecule has 1 heterocycles. The van der Waals surface area contributed by atoms with E-state index in [0.29, 0.717) is 5.56 Å². The molecule has 102 valence electrons. The number of anilines is 2. The van der Waals surface area contributed by atoms with Crippen LogP contribution in [0.1, 0.15) is 28.8 Å². The molecule has 0 bridgehead atoms. The van der Waals surface area contributed by atoms with Crippen molar-refractivity contribution in [3.8, 4) is 0 Å². The van der Waals surface area contributed by atoms with Gasteiger partial charge in [0, 0.05) is 17.8 Å². The van der Waals surface area contributed by atoms with Gasteiger partial charge in [-0.25, -0.2) is 4.39 Å². The first kappa shape index (κ1) is 12.9. The molecule has 0 aliphatic carbocycles. The van der Waals surface area contributed by atoms with E-state index in [9.17, 15) is 9.18 Å². The van der Waals surface area contributed by atoms with E-state index in [-0.39, 0.29) is 5.82 Å². The summed E-state index contributed by atoms with van der Waals surface area (Å²) in [6.45, 7) is 0.851. The average Bonchev–Trinajstić information content (AvgIpc) is 2.69. The number of benzene rings is 2. The van der Waals surface area contributed by atoms with E-state index >= 15 is 0 Å². The van der Waals surface area contributed by atoms with Crippen molar-refractivity contribution < 1.29 is 9.18 Å². The molecule has 0 unspecified atom stereocenters. The molecule has 0 atom stereocenters. The quantitative estimate of drug-likeness (QED) is 0.765. The van der Waals surface area contributed by atoms with Crippen LogP contribution in [0.4, 0.5) is 15.8 Å². The number of aldehydes is 1. The summed E-state index contributed by atoms with van der Waals surface area (Å²) in [6.07, 6.45) is 3.96. The Hall–Kier alpha value is -2.16. The minimum absolute atomic E-state index is 0.376. The first-order valence-corrected chi connectivity index (χ1v) is 6.90. The number of carbonyl (C=O) groups excluding carboxylic acids is 1. The lowest BCUT2D eigenvalue weighted by Gasteiger charge is -2.26. The topological polar surface area (TPSA) is 20.3 Å². The molecular weight excluding hydrogens is 253 g/mol. The van der Waals surface area contributed by atoms with Gasteiger partial charge in [-0.05, 0) is 49.1 Å². The fourth-order valence-corrected chi connectivity index (χ4v) is 2.81. The Morgan fingerprint density at radius 1 is 1.05 bits per heavy atom. The fraction of sp³-hybridized carbons (Fsp3) is 0.235. The van der Waals surface area contributed by atoms with Gasteiger partial charge in [0.1, 0.15) is 5.82 Å². The maximum Gasteiger partial charge on any atom is 0.152 e. The third kappa shape index (κ3) is 2.31. The van der Waals surface area contributed by atoms with Gasteiger partial charge in [-0.3, -0.25) is 4.79 Å². The third-order valence-electron chi connectivity index (χ3n) is 3.77. The van der Waals surface area contributed by atoms with Gasteiger partial charge in [0.05, 0.1) is 5.69 Å². The van der Waals surface area contributed by atoms with Crippen molar-refractivity contribution in [2.24, 2.45) is 0 Å². The Labute approximate surface area is 117 Å². The number of hydrogen-bond donors (Lipinski definition) is 0. The highest BCUT2D eigenvalue weighted by Gasteiger charge is 2.18. The zero-order chi connectivity index (χ0) is 13.9. The van der Waals surface area contributed by atoms with Crippen molar-refractivity contribution in [2.45, 2.75) is 19.3 Å². The number of carbonyl (C=O) groups is 1. The summed E-state index contributed by atoms with van der Waals surface area (Å²) in [7, 11) is 0. The van der Waals surface area contributed by atoms with E-state index in [4.69, 9.17) is 0 Å². The molecule has 0 aromatic heterocycles. The summed E-state index contributed by atoms with van der Waals surface area (Å²) in [6, 6.07) is 12.6. The van der Waals surface area contributed by atoms with E-state index < -0.39 is 0 Å². The standard InChI is InChI=1S/C17H16FNO/c18-15-8-9-17(14(11-15)12-20)19-10-4-3-6-13-5-1-2-7-16(13)19/h1-2,5,7-9,11-12H,3-4,6,10H2. The molecule has 20 heavy (non-hydrogen) atoms. The molecule has 3 rings (SSSR count). The molecule has 0 radical (unpaired) electrons. The lowest BCUT2D eigenvalue weighted by molar-refractivity contribution is 0.112. The van der Waals surface area contributed by atoms with E-state index in [1.807, 2.05) is 12.1 Å². The number of fused-ring (bicyclic) bond motifs is 1. The second-order valence-corrected chi connectivity index (χ2v) is 5.06. The zero-order valence-corrected chi connectivity index (χ0v) is 11.2. The van der Waals surface area contributed by atoms with Crippen LogP contribution in [0.15, 0.2) is 42.5 Å². The Balaban J connectivity index is 2.12. The molecule has 0 amide bonds. The minimum Gasteiger partial charge on any atom is -0.341 e. The summed E-state index contributed by atoms with van der Waals surface area (Å²) in [5.74, 6) is -0.376. The van der Waals surface area contributed by atoms with Gasteiger partial charge in [-0.15, -0.1) is 0 Å². The zero-order valence-electron chi connectivity index (χ0n) is 11.2. The second kappa shape index (κ2) is 5.45. The molecule has 2 aromatic carbocycles. The Morgan fingerprint density at radius 2 is 1.90 bits per heavy atom. The van der Waals surface area contributed by atoms with Crippen molar-refractivity contribution in [3.05, 3.63) is 59.4 Å². The SMILES string of the molecule is O=Cc1cc(F)ccc1N1CCCCc2ccccc21. The van der Waals surface area contributed by atoms with Gasteiger partial charge >= 0.3 is 0 Å². The Morgan fingerprint density at radius 3 is 2.75 bits per heavy atom. The molecule has 0 saturated heterocycles. The summed E-state index contributed by atoms with van der Waals surface area (Å²) in [5, 5.41) is 0. The predicted octanol–water partition coefficient (Wildman–Crippen LogP) is 4.11. The lowest BCUT2D eigenvalue weighted by Crippen LogP contribution is -2.19. The first-order chi connectivity index (χ1) is 9.79. The van der Waals surface area contributed by atoms with Crippen LogP contribution >= 0.6 is 0 Å². The van der Waals surface area contributed by atoms with Crippen molar-refractivity contribution in [3.63, 3.8) is 0 Å².